The third-order valence-electron chi connectivity index (χ3n) is 5.23. The number of piperidine rings is 1. The van der Waals surface area contributed by atoms with E-state index in [4.69, 9.17) is 5.73 Å². The van der Waals surface area contributed by atoms with E-state index in [1.807, 2.05) is 12.1 Å². The van der Waals surface area contributed by atoms with Crippen LogP contribution < -0.4 is 11.3 Å². The first-order valence-electron chi connectivity index (χ1n) is 8.98. The maximum absolute atomic E-state index is 12.8. The van der Waals surface area contributed by atoms with E-state index in [0.29, 0.717) is 37.3 Å². The second kappa shape index (κ2) is 7.25. The third kappa shape index (κ3) is 3.17. The molecule has 0 radical (unpaired) electrons. The Morgan fingerprint density at radius 1 is 1.27 bits per heavy atom. The summed E-state index contributed by atoms with van der Waals surface area (Å²) in [4.78, 5) is 31.4. The van der Waals surface area contributed by atoms with Gasteiger partial charge >= 0.3 is 0 Å². The van der Waals surface area contributed by atoms with Crippen molar-refractivity contribution >= 4 is 17.7 Å². The zero-order valence-corrected chi connectivity index (χ0v) is 15.4. The molecule has 3 heterocycles. The first-order chi connectivity index (χ1) is 12.7. The highest BCUT2D eigenvalue weighted by Gasteiger charge is 2.28. The summed E-state index contributed by atoms with van der Waals surface area (Å²) in [5, 5.41) is 0.713. The number of hydrogen-bond donors (Lipinski definition) is 1. The van der Waals surface area contributed by atoms with Gasteiger partial charge in [0.2, 0.25) is 0 Å². The van der Waals surface area contributed by atoms with E-state index in [-0.39, 0.29) is 17.0 Å². The van der Waals surface area contributed by atoms with Crippen molar-refractivity contribution < 1.29 is 4.79 Å². The molecule has 0 atom stereocenters. The number of rotatable bonds is 3. The molecule has 1 aromatic carbocycles. The monoisotopic (exact) mass is 370 g/mol. The Morgan fingerprint density at radius 2 is 2.08 bits per heavy atom. The van der Waals surface area contributed by atoms with Crippen LogP contribution in [0.25, 0.3) is 0 Å². The minimum Gasteiger partial charge on any atom is -0.338 e. The summed E-state index contributed by atoms with van der Waals surface area (Å²) >= 11 is 1.56. The summed E-state index contributed by atoms with van der Waals surface area (Å²) in [5.74, 6) is 1.08. The zero-order valence-electron chi connectivity index (χ0n) is 14.6. The lowest BCUT2D eigenvalue weighted by molar-refractivity contribution is 0.0709. The number of carbonyl (C=O) groups is 1. The molecule has 2 aliphatic heterocycles. The zero-order chi connectivity index (χ0) is 18.1. The maximum atomic E-state index is 12.8. The van der Waals surface area contributed by atoms with Gasteiger partial charge in [-0.05, 0) is 29.9 Å². The smallest absolute Gasteiger partial charge is 0.267 e. The fourth-order valence-electron chi connectivity index (χ4n) is 3.72. The van der Waals surface area contributed by atoms with Gasteiger partial charge in [-0.3, -0.25) is 14.2 Å². The van der Waals surface area contributed by atoms with Crippen LogP contribution in [0.15, 0.2) is 40.4 Å². The minimum absolute atomic E-state index is 0.191. The molecule has 0 bridgehead atoms. The largest absolute Gasteiger partial charge is 0.338 e. The van der Waals surface area contributed by atoms with E-state index in [2.05, 4.69) is 17.1 Å². The highest BCUT2D eigenvalue weighted by molar-refractivity contribution is 7.99. The second-order valence-electron chi connectivity index (χ2n) is 6.78. The van der Waals surface area contributed by atoms with Gasteiger partial charge in [-0.15, -0.1) is 0 Å². The van der Waals surface area contributed by atoms with Crippen LogP contribution in [0, 0.1) is 0 Å². The molecule has 7 heteroatoms. The molecule has 0 spiro atoms. The molecule has 4 rings (SSSR count). The van der Waals surface area contributed by atoms with E-state index in [1.165, 1.54) is 11.8 Å². The number of fused-ring (bicyclic) bond motifs is 1. The van der Waals surface area contributed by atoms with Crippen molar-refractivity contribution in [2.75, 3.05) is 18.8 Å². The topological polar surface area (TPSA) is 81.2 Å². The Bertz CT molecular complexity index is 887. The van der Waals surface area contributed by atoms with E-state index in [9.17, 15) is 9.59 Å². The van der Waals surface area contributed by atoms with Crippen molar-refractivity contribution in [3.8, 4) is 0 Å². The lowest BCUT2D eigenvalue weighted by atomic mass is 9.88. The Hall–Kier alpha value is -2.12. The Morgan fingerprint density at radius 3 is 2.85 bits per heavy atom. The van der Waals surface area contributed by atoms with Crippen LogP contribution in [-0.2, 0) is 13.1 Å². The summed E-state index contributed by atoms with van der Waals surface area (Å²) in [7, 11) is 0. The van der Waals surface area contributed by atoms with Crippen molar-refractivity contribution in [2.45, 2.75) is 37.0 Å². The van der Waals surface area contributed by atoms with E-state index < -0.39 is 0 Å². The summed E-state index contributed by atoms with van der Waals surface area (Å²) < 4.78 is 1.61. The summed E-state index contributed by atoms with van der Waals surface area (Å²) in [6.45, 7) is 2.49. The molecule has 136 valence electrons. The number of aromatic nitrogens is 2. The van der Waals surface area contributed by atoms with Crippen LogP contribution in [0.4, 0.5) is 0 Å². The van der Waals surface area contributed by atoms with Gasteiger partial charge < -0.3 is 10.6 Å². The minimum atomic E-state index is -0.206. The van der Waals surface area contributed by atoms with Crippen LogP contribution in [0.2, 0.25) is 0 Å². The Kier molecular flexibility index (Phi) is 4.82. The molecule has 1 amide bonds. The molecule has 0 aliphatic carbocycles. The van der Waals surface area contributed by atoms with Crippen LogP contribution in [0.1, 0.15) is 40.2 Å². The SMILES string of the molecule is NCc1cccc(C2CCN(C(=O)c3cnc4n(c3=O)CCS4)CC2)c1. The van der Waals surface area contributed by atoms with Crippen molar-refractivity contribution in [2.24, 2.45) is 5.73 Å². The molecule has 2 N–H and O–H groups in total. The lowest BCUT2D eigenvalue weighted by Crippen LogP contribution is -2.41. The molecule has 26 heavy (non-hydrogen) atoms. The van der Waals surface area contributed by atoms with Crippen molar-refractivity contribution in [3.63, 3.8) is 0 Å². The number of nitrogens with zero attached hydrogens (tertiary/aromatic N) is 3. The average molecular weight is 370 g/mol. The fraction of sp³-hybridized carbons (Fsp3) is 0.421. The first kappa shape index (κ1) is 17.3. The molecule has 1 aromatic heterocycles. The second-order valence-corrected chi connectivity index (χ2v) is 7.84. The third-order valence-corrected chi connectivity index (χ3v) is 6.20. The summed E-state index contributed by atoms with van der Waals surface area (Å²) in [5.41, 5.74) is 8.15. The molecular weight excluding hydrogens is 348 g/mol. The normalized spacial score (nSPS) is 17.3. The number of likely N-dealkylation sites (tertiary alicyclic amines) is 1. The molecule has 2 aromatic rings. The van der Waals surface area contributed by atoms with Gasteiger partial charge in [-0.2, -0.15) is 0 Å². The van der Waals surface area contributed by atoms with Crippen LogP contribution in [0.5, 0.6) is 0 Å². The predicted molar refractivity (Wildman–Crippen MR) is 101 cm³/mol. The molecule has 0 unspecified atom stereocenters. The van der Waals surface area contributed by atoms with Gasteiger partial charge in [-0.1, -0.05) is 36.0 Å². The highest BCUT2D eigenvalue weighted by Crippen LogP contribution is 2.29. The van der Waals surface area contributed by atoms with Crippen LogP contribution in [-0.4, -0.2) is 39.2 Å². The number of nitrogens with two attached hydrogens (primary N) is 1. The van der Waals surface area contributed by atoms with Crippen LogP contribution >= 0.6 is 11.8 Å². The lowest BCUT2D eigenvalue weighted by Gasteiger charge is -2.32. The summed E-state index contributed by atoms with van der Waals surface area (Å²) in [6, 6.07) is 8.38. The van der Waals surface area contributed by atoms with Gasteiger partial charge in [0.25, 0.3) is 11.5 Å². The molecular formula is C19H22N4O2S. The van der Waals surface area contributed by atoms with Crippen molar-refractivity contribution in [3.05, 3.63) is 57.5 Å². The molecule has 1 saturated heterocycles. The van der Waals surface area contributed by atoms with Gasteiger partial charge in [-0.25, -0.2) is 4.98 Å². The summed E-state index contributed by atoms with van der Waals surface area (Å²) in [6.07, 6.45) is 3.25. The molecule has 0 saturated carbocycles. The maximum Gasteiger partial charge on any atom is 0.267 e. The number of hydrogen-bond acceptors (Lipinski definition) is 5. The fourth-order valence-corrected chi connectivity index (χ4v) is 4.64. The van der Waals surface area contributed by atoms with Crippen molar-refractivity contribution in [1.82, 2.24) is 14.5 Å². The van der Waals surface area contributed by atoms with Gasteiger partial charge in [0.15, 0.2) is 5.16 Å². The standard InChI is InChI=1S/C19H22N4O2S/c20-11-13-2-1-3-15(10-13)14-4-6-22(7-5-14)17(24)16-12-21-19-23(18(16)25)8-9-26-19/h1-3,10,12,14H,4-9,11,20H2. The molecule has 1 fully saturated rings. The van der Waals surface area contributed by atoms with Gasteiger partial charge in [0.05, 0.1) is 0 Å². The molecule has 2 aliphatic rings. The number of amides is 1. The van der Waals surface area contributed by atoms with Crippen molar-refractivity contribution in [1.29, 1.82) is 0 Å². The number of thioether (sulfide) groups is 1. The van der Waals surface area contributed by atoms with E-state index in [0.717, 1.165) is 24.2 Å². The first-order valence-corrected chi connectivity index (χ1v) is 9.96. The number of benzene rings is 1. The number of carbonyl (C=O) groups excluding carboxylic acids is 1. The molecule has 6 nitrogen and oxygen atoms in total. The van der Waals surface area contributed by atoms with E-state index in [1.54, 1.807) is 21.2 Å². The quantitative estimate of drug-likeness (QED) is 0.834. The highest BCUT2D eigenvalue weighted by atomic mass is 32.2. The van der Waals surface area contributed by atoms with E-state index >= 15 is 0 Å². The Labute approximate surface area is 156 Å². The van der Waals surface area contributed by atoms with Gasteiger partial charge in [0, 0.05) is 38.1 Å². The van der Waals surface area contributed by atoms with Crippen LogP contribution in [0.3, 0.4) is 0 Å². The Balaban J connectivity index is 1.46. The van der Waals surface area contributed by atoms with Gasteiger partial charge in [0.1, 0.15) is 5.56 Å². The predicted octanol–water partition coefficient (Wildman–Crippen LogP) is 1.83. The average Bonchev–Trinajstić information content (AvgIpc) is 3.18.